The van der Waals surface area contributed by atoms with Crippen LogP contribution in [0.25, 0.3) is 10.9 Å². The van der Waals surface area contributed by atoms with Gasteiger partial charge in [-0.3, -0.25) is 9.59 Å². The van der Waals surface area contributed by atoms with Crippen molar-refractivity contribution in [3.63, 3.8) is 0 Å². The summed E-state index contributed by atoms with van der Waals surface area (Å²) in [6, 6.07) is 6.03. The smallest absolute Gasteiger partial charge is 0.308 e. The number of hydrogen-bond donors (Lipinski definition) is 3. The SMILES string of the molecule is O=C(O)Cc1cc2ccc(O)cc2[nH]c1=O. The number of hydrogen-bond acceptors (Lipinski definition) is 3. The summed E-state index contributed by atoms with van der Waals surface area (Å²) < 4.78 is 0. The summed E-state index contributed by atoms with van der Waals surface area (Å²) in [5.74, 6) is -1.00. The number of carbonyl (C=O) groups is 1. The highest BCUT2D eigenvalue weighted by atomic mass is 16.4. The molecule has 1 aromatic heterocycles. The van der Waals surface area contributed by atoms with Crippen LogP contribution in [-0.4, -0.2) is 21.2 Å². The zero-order chi connectivity index (χ0) is 11.7. The maximum atomic E-state index is 11.5. The molecule has 16 heavy (non-hydrogen) atoms. The zero-order valence-corrected chi connectivity index (χ0v) is 8.23. The van der Waals surface area contributed by atoms with E-state index in [1.165, 1.54) is 18.2 Å². The third-order valence-electron chi connectivity index (χ3n) is 2.25. The van der Waals surface area contributed by atoms with Crippen LogP contribution in [0.3, 0.4) is 0 Å². The summed E-state index contributed by atoms with van der Waals surface area (Å²) in [7, 11) is 0. The summed E-state index contributed by atoms with van der Waals surface area (Å²) in [6.45, 7) is 0. The number of benzene rings is 1. The molecular formula is C11H9NO4. The van der Waals surface area contributed by atoms with Crippen LogP contribution < -0.4 is 5.56 Å². The van der Waals surface area contributed by atoms with Crippen LogP contribution >= 0.6 is 0 Å². The molecule has 0 atom stereocenters. The first-order valence-corrected chi connectivity index (χ1v) is 4.63. The van der Waals surface area contributed by atoms with Crippen molar-refractivity contribution in [1.82, 2.24) is 4.98 Å². The average molecular weight is 219 g/mol. The number of nitrogens with one attached hydrogen (secondary N) is 1. The van der Waals surface area contributed by atoms with Gasteiger partial charge < -0.3 is 15.2 Å². The molecule has 0 bridgehead atoms. The van der Waals surface area contributed by atoms with Crippen molar-refractivity contribution in [3.05, 3.63) is 40.2 Å². The molecule has 0 saturated heterocycles. The molecule has 2 rings (SSSR count). The number of phenols is 1. The average Bonchev–Trinajstić information content (AvgIpc) is 2.19. The second-order valence-electron chi connectivity index (χ2n) is 3.47. The molecule has 1 aromatic carbocycles. The van der Waals surface area contributed by atoms with E-state index in [0.717, 1.165) is 0 Å². The molecule has 0 fully saturated rings. The number of carboxylic acids is 1. The number of aromatic nitrogens is 1. The summed E-state index contributed by atoms with van der Waals surface area (Å²) in [5.41, 5.74) is 0.241. The van der Waals surface area contributed by atoms with Gasteiger partial charge in [-0.25, -0.2) is 0 Å². The van der Waals surface area contributed by atoms with Crippen molar-refractivity contribution in [1.29, 1.82) is 0 Å². The quantitative estimate of drug-likeness (QED) is 0.698. The number of aromatic amines is 1. The van der Waals surface area contributed by atoms with E-state index in [2.05, 4.69) is 4.98 Å². The van der Waals surface area contributed by atoms with Crippen molar-refractivity contribution in [2.24, 2.45) is 0 Å². The number of pyridine rings is 1. The van der Waals surface area contributed by atoms with Gasteiger partial charge in [-0.05, 0) is 23.6 Å². The fourth-order valence-electron chi connectivity index (χ4n) is 1.53. The van der Waals surface area contributed by atoms with E-state index >= 15 is 0 Å². The highest BCUT2D eigenvalue weighted by Crippen LogP contribution is 2.17. The Morgan fingerprint density at radius 2 is 2.06 bits per heavy atom. The number of H-pyrrole nitrogens is 1. The van der Waals surface area contributed by atoms with Gasteiger partial charge in [-0.15, -0.1) is 0 Å². The van der Waals surface area contributed by atoms with Gasteiger partial charge in [0.2, 0.25) is 0 Å². The number of rotatable bonds is 2. The molecule has 0 radical (unpaired) electrons. The Morgan fingerprint density at radius 1 is 1.31 bits per heavy atom. The Bertz CT molecular complexity index is 615. The molecule has 3 N–H and O–H groups in total. The van der Waals surface area contributed by atoms with Crippen LogP contribution in [0, 0.1) is 0 Å². The minimum Gasteiger partial charge on any atom is -0.508 e. The lowest BCUT2D eigenvalue weighted by Crippen LogP contribution is -2.15. The van der Waals surface area contributed by atoms with E-state index in [4.69, 9.17) is 5.11 Å². The predicted octanol–water partition coefficient (Wildman–Crippen LogP) is 0.861. The van der Waals surface area contributed by atoms with Gasteiger partial charge in [0.1, 0.15) is 5.75 Å². The summed E-state index contributed by atoms with van der Waals surface area (Å²) in [4.78, 5) is 24.5. The monoisotopic (exact) mass is 219 g/mol. The maximum absolute atomic E-state index is 11.5. The largest absolute Gasteiger partial charge is 0.508 e. The second-order valence-corrected chi connectivity index (χ2v) is 3.47. The Hall–Kier alpha value is -2.30. The summed E-state index contributed by atoms with van der Waals surface area (Å²) >= 11 is 0. The van der Waals surface area contributed by atoms with Crippen LogP contribution in [0.4, 0.5) is 0 Å². The fourth-order valence-corrected chi connectivity index (χ4v) is 1.53. The number of phenolic OH excluding ortho intramolecular Hbond substituents is 1. The molecule has 0 spiro atoms. The van der Waals surface area contributed by atoms with Gasteiger partial charge in [-0.2, -0.15) is 0 Å². The Balaban J connectivity index is 2.63. The van der Waals surface area contributed by atoms with Crippen molar-refractivity contribution in [2.45, 2.75) is 6.42 Å². The third kappa shape index (κ3) is 1.88. The minimum absolute atomic E-state index is 0.0501. The lowest BCUT2D eigenvalue weighted by Gasteiger charge is -2.01. The van der Waals surface area contributed by atoms with Crippen LogP contribution in [0.2, 0.25) is 0 Å². The molecule has 0 saturated carbocycles. The predicted molar refractivity (Wildman–Crippen MR) is 57.6 cm³/mol. The van der Waals surface area contributed by atoms with Crippen LogP contribution in [0.1, 0.15) is 5.56 Å². The van der Waals surface area contributed by atoms with Crippen molar-refractivity contribution < 1.29 is 15.0 Å². The first-order chi connectivity index (χ1) is 7.56. The van der Waals surface area contributed by atoms with Crippen LogP contribution in [0.5, 0.6) is 5.75 Å². The number of fused-ring (bicyclic) bond motifs is 1. The highest BCUT2D eigenvalue weighted by Gasteiger charge is 2.07. The molecule has 0 aliphatic heterocycles. The molecule has 0 amide bonds. The van der Waals surface area contributed by atoms with Crippen molar-refractivity contribution >= 4 is 16.9 Å². The van der Waals surface area contributed by atoms with Crippen LogP contribution in [0.15, 0.2) is 29.1 Å². The minimum atomic E-state index is -1.05. The second kappa shape index (κ2) is 3.69. The number of carboxylic acid groups (broad SMARTS) is 1. The molecule has 2 aromatic rings. The van der Waals surface area contributed by atoms with E-state index in [0.29, 0.717) is 10.9 Å². The van der Waals surface area contributed by atoms with Gasteiger partial charge in [0, 0.05) is 11.6 Å². The van der Waals surface area contributed by atoms with Gasteiger partial charge >= 0.3 is 5.97 Å². The Morgan fingerprint density at radius 3 is 2.75 bits per heavy atom. The Kier molecular flexibility index (Phi) is 2.36. The van der Waals surface area contributed by atoms with E-state index in [1.54, 1.807) is 6.07 Å². The van der Waals surface area contributed by atoms with Gasteiger partial charge in [0.05, 0.1) is 11.9 Å². The molecule has 0 aliphatic carbocycles. The highest BCUT2D eigenvalue weighted by molar-refractivity contribution is 5.81. The molecule has 5 nitrogen and oxygen atoms in total. The summed E-state index contributed by atoms with van der Waals surface area (Å²) in [6.07, 6.45) is -0.313. The Labute approximate surface area is 90.0 Å². The van der Waals surface area contributed by atoms with Gasteiger partial charge in [0.15, 0.2) is 0 Å². The van der Waals surface area contributed by atoms with Crippen molar-refractivity contribution in [3.8, 4) is 5.75 Å². The maximum Gasteiger partial charge on any atom is 0.308 e. The normalized spacial score (nSPS) is 10.5. The van der Waals surface area contributed by atoms with E-state index in [-0.39, 0.29) is 17.7 Å². The van der Waals surface area contributed by atoms with Gasteiger partial charge in [0.25, 0.3) is 5.56 Å². The third-order valence-corrected chi connectivity index (χ3v) is 2.25. The molecule has 82 valence electrons. The molecular weight excluding hydrogens is 210 g/mol. The zero-order valence-electron chi connectivity index (χ0n) is 8.23. The lowest BCUT2D eigenvalue weighted by molar-refractivity contribution is -0.136. The molecule has 5 heteroatoms. The number of aromatic hydroxyl groups is 1. The van der Waals surface area contributed by atoms with Crippen LogP contribution in [-0.2, 0) is 11.2 Å². The first kappa shape index (κ1) is 10.2. The standard InChI is InChI=1S/C11H9NO4/c13-8-2-1-6-3-7(4-10(14)15)11(16)12-9(6)5-8/h1-3,5,13H,4H2,(H,12,16)(H,14,15). The topological polar surface area (TPSA) is 90.4 Å². The van der Waals surface area contributed by atoms with Crippen molar-refractivity contribution in [2.75, 3.05) is 0 Å². The fraction of sp³-hybridized carbons (Fsp3) is 0.0909. The van der Waals surface area contributed by atoms with E-state index in [1.807, 2.05) is 0 Å². The van der Waals surface area contributed by atoms with E-state index in [9.17, 15) is 14.7 Å². The molecule has 0 aliphatic rings. The first-order valence-electron chi connectivity index (χ1n) is 4.63. The number of aliphatic carboxylic acids is 1. The van der Waals surface area contributed by atoms with E-state index < -0.39 is 11.5 Å². The molecule has 1 heterocycles. The van der Waals surface area contributed by atoms with Gasteiger partial charge in [-0.1, -0.05) is 0 Å². The molecule has 0 unspecified atom stereocenters. The summed E-state index contributed by atoms with van der Waals surface area (Å²) in [5, 5.41) is 18.5. The lowest BCUT2D eigenvalue weighted by atomic mass is 10.1.